The number of ether oxygens (including phenoxy) is 1. The van der Waals surface area contributed by atoms with Crippen LogP contribution < -0.4 is 0 Å². The number of rotatable bonds is 1. The molecule has 3 heteroatoms. The Balaban J connectivity index is 1.52. The van der Waals surface area contributed by atoms with E-state index in [0.29, 0.717) is 30.0 Å². The fourth-order valence-electron chi connectivity index (χ4n) is 7.62. The van der Waals surface area contributed by atoms with Gasteiger partial charge in [0.25, 0.3) is 0 Å². The van der Waals surface area contributed by atoms with Gasteiger partial charge in [-0.2, -0.15) is 0 Å². The number of ketones is 2. The SMILES string of the molecule is CC(=O)[C@]12O[C@@H]1C[C@H]1[C@@H]3CCC4=CC(=O)CC[C@]4(C)[C@H]3CC[C@@]12C. The van der Waals surface area contributed by atoms with Gasteiger partial charge in [0.1, 0.15) is 0 Å². The second kappa shape index (κ2) is 4.41. The van der Waals surface area contributed by atoms with E-state index in [2.05, 4.69) is 13.8 Å². The molecule has 0 spiro atoms. The number of fused-ring (bicyclic) bond motifs is 7. The number of carbonyl (C=O) groups is 2. The summed E-state index contributed by atoms with van der Waals surface area (Å²) in [4.78, 5) is 24.3. The first kappa shape index (κ1) is 15.3. The number of Topliss-reactive ketones (excluding diaryl/α,β-unsaturated/α-hetero) is 1. The summed E-state index contributed by atoms with van der Waals surface area (Å²) < 4.78 is 5.99. The number of hydrogen-bond acceptors (Lipinski definition) is 3. The van der Waals surface area contributed by atoms with Crippen molar-refractivity contribution in [2.24, 2.45) is 28.6 Å². The maximum absolute atomic E-state index is 12.4. The Labute approximate surface area is 144 Å². The van der Waals surface area contributed by atoms with Crippen LogP contribution in [0.3, 0.4) is 0 Å². The molecule has 4 aliphatic carbocycles. The quantitative estimate of drug-likeness (QED) is 0.687. The molecule has 0 aromatic rings. The second-order valence-electron chi connectivity index (χ2n) is 9.56. The van der Waals surface area contributed by atoms with E-state index in [4.69, 9.17) is 4.74 Å². The minimum atomic E-state index is -0.456. The Morgan fingerprint density at radius 2 is 1.96 bits per heavy atom. The topological polar surface area (TPSA) is 46.7 Å². The number of carbonyl (C=O) groups excluding carboxylic acids is 2. The summed E-state index contributed by atoms with van der Waals surface area (Å²) in [6, 6.07) is 0. The third kappa shape index (κ3) is 1.54. The first-order valence-corrected chi connectivity index (χ1v) is 9.76. The normalized spacial score (nSPS) is 55.0. The predicted molar refractivity (Wildman–Crippen MR) is 90.4 cm³/mol. The zero-order chi connectivity index (χ0) is 16.9. The van der Waals surface area contributed by atoms with E-state index in [0.717, 1.165) is 25.7 Å². The predicted octanol–water partition coefficient (Wildman–Crippen LogP) is 3.85. The van der Waals surface area contributed by atoms with E-state index < -0.39 is 5.60 Å². The Kier molecular flexibility index (Phi) is 2.81. The molecule has 130 valence electrons. The van der Waals surface area contributed by atoms with Crippen LogP contribution in [0.25, 0.3) is 0 Å². The summed E-state index contributed by atoms with van der Waals surface area (Å²) in [5, 5.41) is 0. The molecule has 3 saturated carbocycles. The molecule has 0 unspecified atom stereocenters. The summed E-state index contributed by atoms with van der Waals surface area (Å²) in [5.74, 6) is 2.58. The third-order valence-electron chi connectivity index (χ3n) is 8.92. The van der Waals surface area contributed by atoms with Crippen molar-refractivity contribution in [3.8, 4) is 0 Å². The van der Waals surface area contributed by atoms with Gasteiger partial charge in [0.05, 0.1) is 6.10 Å². The molecule has 5 rings (SSSR count). The second-order valence-corrected chi connectivity index (χ2v) is 9.56. The van der Waals surface area contributed by atoms with Crippen molar-refractivity contribution in [2.75, 3.05) is 0 Å². The Bertz CT molecular complexity index is 679. The van der Waals surface area contributed by atoms with E-state index in [-0.39, 0.29) is 22.7 Å². The highest BCUT2D eigenvalue weighted by molar-refractivity contribution is 5.92. The smallest absolute Gasteiger partial charge is 0.164 e. The lowest BCUT2D eigenvalue weighted by atomic mass is 9.46. The van der Waals surface area contributed by atoms with Crippen molar-refractivity contribution in [2.45, 2.75) is 77.4 Å². The lowest BCUT2D eigenvalue weighted by Gasteiger charge is -2.58. The van der Waals surface area contributed by atoms with E-state index >= 15 is 0 Å². The molecule has 0 aromatic carbocycles. The number of allylic oxidation sites excluding steroid dienone is 1. The van der Waals surface area contributed by atoms with Gasteiger partial charge in [0.2, 0.25) is 0 Å². The molecule has 24 heavy (non-hydrogen) atoms. The summed E-state index contributed by atoms with van der Waals surface area (Å²) in [7, 11) is 0. The van der Waals surface area contributed by atoms with Crippen LogP contribution in [0.15, 0.2) is 11.6 Å². The van der Waals surface area contributed by atoms with Crippen LogP contribution in [0.4, 0.5) is 0 Å². The molecule has 5 aliphatic rings. The molecule has 0 radical (unpaired) electrons. The van der Waals surface area contributed by atoms with Crippen molar-refractivity contribution in [1.82, 2.24) is 0 Å². The van der Waals surface area contributed by atoms with E-state index in [1.807, 2.05) is 6.08 Å². The highest BCUT2D eigenvalue weighted by Crippen LogP contribution is 2.73. The lowest BCUT2D eigenvalue weighted by Crippen LogP contribution is -2.54. The van der Waals surface area contributed by atoms with E-state index in [1.54, 1.807) is 6.92 Å². The van der Waals surface area contributed by atoms with Gasteiger partial charge in [0.15, 0.2) is 17.2 Å². The maximum atomic E-state index is 12.4. The van der Waals surface area contributed by atoms with Crippen molar-refractivity contribution < 1.29 is 14.3 Å². The molecule has 0 aromatic heterocycles. The first-order valence-electron chi connectivity index (χ1n) is 9.76. The Morgan fingerprint density at radius 3 is 2.71 bits per heavy atom. The average Bonchev–Trinajstić information content (AvgIpc) is 3.21. The van der Waals surface area contributed by atoms with Gasteiger partial charge in [0, 0.05) is 11.8 Å². The van der Waals surface area contributed by atoms with Crippen molar-refractivity contribution in [1.29, 1.82) is 0 Å². The van der Waals surface area contributed by atoms with Gasteiger partial charge in [-0.1, -0.05) is 19.4 Å². The molecule has 4 fully saturated rings. The van der Waals surface area contributed by atoms with Crippen LogP contribution in [0, 0.1) is 28.6 Å². The first-order chi connectivity index (χ1) is 11.3. The van der Waals surface area contributed by atoms with Crippen molar-refractivity contribution in [3.05, 3.63) is 11.6 Å². The van der Waals surface area contributed by atoms with Crippen LogP contribution in [0.1, 0.15) is 65.7 Å². The molecule has 1 heterocycles. The average molecular weight is 328 g/mol. The molecule has 1 saturated heterocycles. The summed E-state index contributed by atoms with van der Waals surface area (Å²) in [6.45, 7) is 6.48. The zero-order valence-electron chi connectivity index (χ0n) is 15.1. The summed E-state index contributed by atoms with van der Waals surface area (Å²) in [5.41, 5.74) is 1.22. The van der Waals surface area contributed by atoms with Gasteiger partial charge < -0.3 is 4.74 Å². The van der Waals surface area contributed by atoms with Gasteiger partial charge in [-0.15, -0.1) is 0 Å². The highest BCUT2D eigenvalue weighted by Gasteiger charge is 2.79. The van der Waals surface area contributed by atoms with Crippen LogP contribution in [-0.2, 0) is 14.3 Å². The van der Waals surface area contributed by atoms with Crippen LogP contribution in [-0.4, -0.2) is 23.3 Å². The van der Waals surface area contributed by atoms with Crippen molar-refractivity contribution in [3.63, 3.8) is 0 Å². The monoisotopic (exact) mass is 328 g/mol. The minimum Gasteiger partial charge on any atom is -0.357 e. The molecule has 0 amide bonds. The summed E-state index contributed by atoms with van der Waals surface area (Å²) >= 11 is 0. The minimum absolute atomic E-state index is 0.0345. The number of hydrogen-bond donors (Lipinski definition) is 0. The largest absolute Gasteiger partial charge is 0.357 e. The van der Waals surface area contributed by atoms with Crippen LogP contribution in [0.5, 0.6) is 0 Å². The van der Waals surface area contributed by atoms with Gasteiger partial charge in [-0.3, -0.25) is 9.59 Å². The third-order valence-corrected chi connectivity index (χ3v) is 8.92. The molecular weight excluding hydrogens is 300 g/mol. The zero-order valence-corrected chi connectivity index (χ0v) is 15.1. The molecule has 0 N–H and O–H groups in total. The van der Waals surface area contributed by atoms with Crippen LogP contribution in [0.2, 0.25) is 0 Å². The fraction of sp³-hybridized carbons (Fsp3) is 0.810. The summed E-state index contributed by atoms with van der Waals surface area (Å²) in [6.07, 6.45) is 9.53. The van der Waals surface area contributed by atoms with E-state index in [9.17, 15) is 9.59 Å². The standard InChI is InChI=1S/C21H28O3/c1-12(22)21-18(24-21)11-17-15-5-4-13-10-14(23)6-8-19(13,2)16(15)7-9-20(17,21)3/h10,15-18H,4-9,11H2,1-3H3/t15-,16+,17+,18-,19+,20+,21+/m1/s1. The molecule has 7 atom stereocenters. The number of epoxide rings is 1. The van der Waals surface area contributed by atoms with Gasteiger partial charge >= 0.3 is 0 Å². The Morgan fingerprint density at radius 1 is 1.17 bits per heavy atom. The molecule has 1 aliphatic heterocycles. The maximum Gasteiger partial charge on any atom is 0.164 e. The lowest BCUT2D eigenvalue weighted by molar-refractivity contribution is -0.136. The molecule has 3 nitrogen and oxygen atoms in total. The fourth-order valence-corrected chi connectivity index (χ4v) is 7.62. The molecule has 0 bridgehead atoms. The van der Waals surface area contributed by atoms with Crippen LogP contribution >= 0.6 is 0 Å². The van der Waals surface area contributed by atoms with E-state index in [1.165, 1.54) is 18.4 Å². The van der Waals surface area contributed by atoms with Crippen molar-refractivity contribution >= 4 is 11.6 Å². The highest BCUT2D eigenvalue weighted by atomic mass is 16.6. The van der Waals surface area contributed by atoms with Gasteiger partial charge in [-0.05, 0) is 74.7 Å². The Hall–Kier alpha value is -0.960. The van der Waals surface area contributed by atoms with Gasteiger partial charge in [-0.25, -0.2) is 0 Å². The molecular formula is C21H28O3.